The Kier molecular flexibility index (Phi) is 5.54. The number of amides is 2. The van der Waals surface area contributed by atoms with Crippen LogP contribution >= 0.6 is 0 Å². The van der Waals surface area contributed by atoms with Gasteiger partial charge in [0.15, 0.2) is 0 Å². The number of rotatable bonds is 5. The molecule has 0 saturated heterocycles. The van der Waals surface area contributed by atoms with E-state index in [4.69, 9.17) is 9.15 Å². The minimum Gasteiger partial charge on any atom is -0.467 e. The van der Waals surface area contributed by atoms with Crippen molar-refractivity contribution in [3.05, 3.63) is 53.5 Å². The maximum atomic E-state index is 12.0. The number of hydrogen-bond acceptors (Lipinski definition) is 4. The van der Waals surface area contributed by atoms with Crippen LogP contribution in [0.4, 0.5) is 5.69 Å². The Morgan fingerprint density at radius 2 is 1.96 bits per heavy atom. The number of anilines is 1. The van der Waals surface area contributed by atoms with Gasteiger partial charge in [-0.25, -0.2) is 0 Å². The fraction of sp³-hybridized carbons (Fsp3) is 0.294. The first kappa shape index (κ1) is 16.8. The predicted octanol–water partition coefficient (Wildman–Crippen LogP) is 2.34. The first-order chi connectivity index (χ1) is 11.0. The normalized spacial score (nSPS) is 11.8. The average Bonchev–Trinajstić information content (AvgIpc) is 3.06. The number of ether oxygens (including phenoxy) is 1. The van der Waals surface area contributed by atoms with Crippen LogP contribution in [0.3, 0.4) is 0 Å². The average molecular weight is 316 g/mol. The lowest BCUT2D eigenvalue weighted by Crippen LogP contribution is -2.38. The predicted molar refractivity (Wildman–Crippen MR) is 86.0 cm³/mol. The molecule has 0 radical (unpaired) electrons. The lowest BCUT2D eigenvalue weighted by atomic mass is 10.1. The zero-order valence-corrected chi connectivity index (χ0v) is 13.4. The summed E-state index contributed by atoms with van der Waals surface area (Å²) in [5.41, 5.74) is 2.60. The van der Waals surface area contributed by atoms with Gasteiger partial charge in [-0.2, -0.15) is 0 Å². The molecule has 0 fully saturated rings. The van der Waals surface area contributed by atoms with Crippen molar-refractivity contribution in [3.63, 3.8) is 0 Å². The van der Waals surface area contributed by atoms with Crippen molar-refractivity contribution in [3.8, 4) is 0 Å². The Hall–Kier alpha value is -2.60. The molecule has 6 heteroatoms. The van der Waals surface area contributed by atoms with Gasteiger partial charge < -0.3 is 19.8 Å². The Labute approximate surface area is 134 Å². The summed E-state index contributed by atoms with van der Waals surface area (Å²) >= 11 is 0. The first-order valence-corrected chi connectivity index (χ1v) is 7.24. The zero-order chi connectivity index (χ0) is 16.8. The smallest absolute Gasteiger partial charge is 0.313 e. The number of carbonyl (C=O) groups excluding carboxylic acids is 2. The number of aryl methyl sites for hydroxylation is 1. The van der Waals surface area contributed by atoms with Gasteiger partial charge in [-0.1, -0.05) is 12.1 Å². The first-order valence-electron chi connectivity index (χ1n) is 7.24. The molecule has 0 aliphatic heterocycles. The third-order valence-electron chi connectivity index (χ3n) is 3.65. The van der Waals surface area contributed by atoms with Crippen LogP contribution in [0.25, 0.3) is 0 Å². The van der Waals surface area contributed by atoms with Crippen molar-refractivity contribution >= 4 is 17.5 Å². The van der Waals surface area contributed by atoms with E-state index < -0.39 is 17.9 Å². The molecule has 1 aromatic carbocycles. The van der Waals surface area contributed by atoms with Crippen molar-refractivity contribution in [1.82, 2.24) is 5.32 Å². The molecule has 2 N–H and O–H groups in total. The highest BCUT2D eigenvalue weighted by atomic mass is 16.5. The van der Waals surface area contributed by atoms with Crippen LogP contribution in [-0.2, 0) is 14.3 Å². The van der Waals surface area contributed by atoms with E-state index >= 15 is 0 Å². The third kappa shape index (κ3) is 4.20. The fourth-order valence-electron chi connectivity index (χ4n) is 2.11. The van der Waals surface area contributed by atoms with Gasteiger partial charge in [-0.3, -0.25) is 9.59 Å². The molecule has 0 aliphatic rings. The van der Waals surface area contributed by atoms with E-state index in [9.17, 15) is 9.59 Å². The van der Waals surface area contributed by atoms with Crippen LogP contribution in [0.2, 0.25) is 0 Å². The summed E-state index contributed by atoms with van der Waals surface area (Å²) in [6.45, 7) is 3.97. The van der Waals surface area contributed by atoms with Crippen molar-refractivity contribution in [2.45, 2.75) is 20.0 Å². The van der Waals surface area contributed by atoms with Crippen molar-refractivity contribution in [2.24, 2.45) is 0 Å². The topological polar surface area (TPSA) is 80.6 Å². The summed E-state index contributed by atoms with van der Waals surface area (Å²) < 4.78 is 10.5. The van der Waals surface area contributed by atoms with Gasteiger partial charge in [-0.15, -0.1) is 0 Å². The van der Waals surface area contributed by atoms with E-state index in [1.165, 1.54) is 13.4 Å². The van der Waals surface area contributed by atoms with Crippen LogP contribution in [0.15, 0.2) is 41.0 Å². The maximum absolute atomic E-state index is 12.0. The minimum atomic E-state index is -0.723. The summed E-state index contributed by atoms with van der Waals surface area (Å²) in [5, 5.41) is 5.15. The van der Waals surface area contributed by atoms with Gasteiger partial charge in [-0.05, 0) is 43.2 Å². The highest BCUT2D eigenvalue weighted by Gasteiger charge is 2.19. The summed E-state index contributed by atoms with van der Waals surface area (Å²) in [5.74, 6) is -0.852. The molecule has 1 atom stereocenters. The number of methoxy groups -OCH3 is 1. The van der Waals surface area contributed by atoms with E-state index in [0.29, 0.717) is 11.4 Å². The highest BCUT2D eigenvalue weighted by Crippen LogP contribution is 2.18. The van der Waals surface area contributed by atoms with E-state index in [1.807, 2.05) is 26.0 Å². The summed E-state index contributed by atoms with van der Waals surface area (Å²) in [7, 11) is 1.51. The third-order valence-corrected chi connectivity index (χ3v) is 3.65. The van der Waals surface area contributed by atoms with Gasteiger partial charge in [0.1, 0.15) is 11.9 Å². The van der Waals surface area contributed by atoms with Gasteiger partial charge in [0.05, 0.1) is 12.8 Å². The quantitative estimate of drug-likeness (QED) is 0.830. The molecular formula is C17H20N2O4. The summed E-state index contributed by atoms with van der Waals surface area (Å²) in [6, 6.07) is 9.01. The highest BCUT2D eigenvalue weighted by molar-refractivity contribution is 6.39. The Morgan fingerprint density at radius 3 is 2.61 bits per heavy atom. The molecule has 1 unspecified atom stereocenters. The molecule has 1 aromatic heterocycles. The molecule has 0 saturated carbocycles. The lowest BCUT2D eigenvalue weighted by Gasteiger charge is -2.14. The van der Waals surface area contributed by atoms with Gasteiger partial charge in [0.25, 0.3) is 0 Å². The molecule has 0 bridgehead atoms. The van der Waals surface area contributed by atoms with Crippen LogP contribution < -0.4 is 10.6 Å². The maximum Gasteiger partial charge on any atom is 0.313 e. The van der Waals surface area contributed by atoms with Crippen LogP contribution in [0, 0.1) is 13.8 Å². The molecule has 6 nitrogen and oxygen atoms in total. The van der Waals surface area contributed by atoms with E-state index in [1.54, 1.807) is 18.2 Å². The van der Waals surface area contributed by atoms with Gasteiger partial charge in [0, 0.05) is 12.8 Å². The molecule has 2 rings (SSSR count). The second-order valence-corrected chi connectivity index (χ2v) is 5.15. The Balaban J connectivity index is 1.92. The van der Waals surface area contributed by atoms with Gasteiger partial charge in [0.2, 0.25) is 0 Å². The number of benzene rings is 1. The van der Waals surface area contributed by atoms with E-state index in [0.717, 1.165) is 11.1 Å². The molecule has 2 aromatic rings. The van der Waals surface area contributed by atoms with Gasteiger partial charge >= 0.3 is 11.8 Å². The molecule has 2 amide bonds. The second kappa shape index (κ2) is 7.60. The fourth-order valence-corrected chi connectivity index (χ4v) is 2.11. The van der Waals surface area contributed by atoms with Crippen molar-refractivity contribution in [1.29, 1.82) is 0 Å². The molecular weight excluding hydrogens is 296 g/mol. The lowest BCUT2D eigenvalue weighted by molar-refractivity contribution is -0.136. The van der Waals surface area contributed by atoms with Crippen LogP contribution in [0.1, 0.15) is 23.0 Å². The standard InChI is InChI=1S/C17H20N2O4/c1-11-6-4-7-13(12(11)2)19-17(21)16(20)18-10-15(22-3)14-8-5-9-23-14/h4-9,15H,10H2,1-3H3,(H,18,20)(H,19,21). The Bertz CT molecular complexity index is 680. The second-order valence-electron chi connectivity index (χ2n) is 5.15. The Morgan fingerprint density at radius 1 is 1.17 bits per heavy atom. The number of carbonyl (C=O) groups is 2. The molecule has 23 heavy (non-hydrogen) atoms. The largest absolute Gasteiger partial charge is 0.467 e. The summed E-state index contributed by atoms with van der Waals surface area (Å²) in [4.78, 5) is 23.9. The summed E-state index contributed by atoms with van der Waals surface area (Å²) in [6.07, 6.45) is 1.08. The van der Waals surface area contributed by atoms with E-state index in [2.05, 4.69) is 10.6 Å². The zero-order valence-electron chi connectivity index (χ0n) is 13.4. The molecule has 122 valence electrons. The van der Waals surface area contributed by atoms with Crippen molar-refractivity contribution < 1.29 is 18.7 Å². The molecule has 0 spiro atoms. The van der Waals surface area contributed by atoms with Crippen molar-refractivity contribution in [2.75, 3.05) is 19.0 Å². The van der Waals surface area contributed by atoms with E-state index in [-0.39, 0.29) is 6.54 Å². The molecule has 1 heterocycles. The van der Waals surface area contributed by atoms with Crippen LogP contribution in [-0.4, -0.2) is 25.5 Å². The monoisotopic (exact) mass is 316 g/mol. The SMILES string of the molecule is COC(CNC(=O)C(=O)Nc1cccc(C)c1C)c1ccco1. The van der Waals surface area contributed by atoms with Crippen LogP contribution in [0.5, 0.6) is 0 Å². The number of nitrogens with one attached hydrogen (secondary N) is 2. The minimum absolute atomic E-state index is 0.142. The number of hydrogen-bond donors (Lipinski definition) is 2. The number of furan rings is 1. The molecule has 0 aliphatic carbocycles.